The molecule has 2 aromatic carbocycles. The fraction of sp³-hybridized carbons (Fsp3) is 0.417. The van der Waals surface area contributed by atoms with E-state index in [1.165, 1.54) is 11.0 Å². The lowest BCUT2D eigenvalue weighted by molar-refractivity contribution is -0.117. The van der Waals surface area contributed by atoms with Crippen LogP contribution in [-0.2, 0) is 39.3 Å². The van der Waals surface area contributed by atoms with Crippen LogP contribution in [0.3, 0.4) is 0 Å². The Balaban J connectivity index is 1.75. The maximum absolute atomic E-state index is 16.0. The lowest BCUT2D eigenvalue weighted by Crippen LogP contribution is -2.45. The zero-order valence-corrected chi connectivity index (χ0v) is 20.8. The summed E-state index contributed by atoms with van der Waals surface area (Å²) < 4.78 is 55.1. The minimum Gasteiger partial charge on any atom is -0.487 e. The van der Waals surface area contributed by atoms with Crippen LogP contribution in [0, 0.1) is 5.82 Å². The number of amides is 2. The summed E-state index contributed by atoms with van der Waals surface area (Å²) in [6.07, 6.45) is -0.384. The smallest absolute Gasteiger partial charge is 0.410 e. The number of carbonyl (C=O) groups is 2. The molecule has 0 radical (unpaired) electrons. The van der Waals surface area contributed by atoms with Crippen molar-refractivity contribution in [3.63, 3.8) is 0 Å². The number of benzene rings is 2. The predicted molar refractivity (Wildman–Crippen MR) is 127 cm³/mol. The summed E-state index contributed by atoms with van der Waals surface area (Å²) in [5.41, 5.74) is 0.526. The van der Waals surface area contributed by atoms with Crippen molar-refractivity contribution >= 4 is 27.9 Å². The van der Waals surface area contributed by atoms with Crippen molar-refractivity contribution in [3.8, 4) is 5.75 Å². The van der Waals surface area contributed by atoms with Crippen LogP contribution in [0.2, 0.25) is 0 Å². The highest BCUT2D eigenvalue weighted by Gasteiger charge is 2.40. The van der Waals surface area contributed by atoms with Crippen molar-refractivity contribution in [2.24, 2.45) is 0 Å². The second-order valence-electron chi connectivity index (χ2n) is 9.65. The van der Waals surface area contributed by atoms with Crippen LogP contribution in [0.4, 0.5) is 14.9 Å². The minimum atomic E-state index is -4.27. The number of nitrogens with zero attached hydrogens (tertiary/aromatic N) is 2. The molecule has 4 rings (SSSR count). The van der Waals surface area contributed by atoms with Gasteiger partial charge in [-0.1, -0.05) is 30.3 Å². The molecule has 1 N–H and O–H groups in total. The third-order valence-electron chi connectivity index (χ3n) is 5.71. The van der Waals surface area contributed by atoms with E-state index in [0.29, 0.717) is 9.87 Å². The molecule has 9 nitrogen and oxygen atoms in total. The molecular weight excluding hydrogens is 477 g/mol. The molecule has 11 heteroatoms. The van der Waals surface area contributed by atoms with E-state index in [-0.39, 0.29) is 36.6 Å². The summed E-state index contributed by atoms with van der Waals surface area (Å²) in [6.45, 7) is 6.62. The van der Waals surface area contributed by atoms with Crippen LogP contribution in [0.15, 0.2) is 36.4 Å². The van der Waals surface area contributed by atoms with Gasteiger partial charge in [-0.25, -0.2) is 18.2 Å². The maximum atomic E-state index is 16.0. The molecule has 2 heterocycles. The minimum absolute atomic E-state index is 0.0381. The molecule has 0 aliphatic carbocycles. The lowest BCUT2D eigenvalue weighted by Gasteiger charge is -2.37. The Morgan fingerprint density at radius 2 is 1.89 bits per heavy atom. The Morgan fingerprint density at radius 3 is 2.49 bits per heavy atom. The first-order chi connectivity index (χ1) is 16.4. The molecule has 0 bridgehead atoms. The topological polar surface area (TPSA) is 105 Å². The first-order valence-electron chi connectivity index (χ1n) is 11.2. The molecule has 2 aromatic rings. The number of anilines is 1. The van der Waals surface area contributed by atoms with E-state index in [4.69, 9.17) is 9.47 Å². The van der Waals surface area contributed by atoms with Crippen LogP contribution in [0.5, 0.6) is 5.75 Å². The van der Waals surface area contributed by atoms with Crippen LogP contribution in [0.25, 0.3) is 0 Å². The Morgan fingerprint density at radius 1 is 1.20 bits per heavy atom. The van der Waals surface area contributed by atoms with E-state index in [2.05, 4.69) is 0 Å². The van der Waals surface area contributed by atoms with Crippen LogP contribution < -0.4 is 13.8 Å². The Labute approximate surface area is 204 Å². The highest BCUT2D eigenvalue weighted by molar-refractivity contribution is 7.92. The summed E-state index contributed by atoms with van der Waals surface area (Å²) in [4.78, 5) is 26.1. The number of nitrogens with one attached hydrogen (secondary N) is 1. The lowest BCUT2D eigenvalue weighted by atomic mass is 9.93. The van der Waals surface area contributed by atoms with Gasteiger partial charge in [0.1, 0.15) is 30.2 Å². The van der Waals surface area contributed by atoms with E-state index in [0.717, 1.165) is 5.56 Å². The van der Waals surface area contributed by atoms with Crippen molar-refractivity contribution in [1.29, 1.82) is 0 Å². The number of fused-ring (bicyclic) bond motifs is 1. The zero-order valence-electron chi connectivity index (χ0n) is 20.0. The number of ether oxygens (including phenoxy) is 2. The summed E-state index contributed by atoms with van der Waals surface area (Å²) in [5.74, 6) is -1.59. The van der Waals surface area contributed by atoms with Gasteiger partial charge in [0, 0.05) is 12.6 Å². The highest BCUT2D eigenvalue weighted by Crippen LogP contribution is 2.41. The maximum Gasteiger partial charge on any atom is 0.410 e. The van der Waals surface area contributed by atoms with E-state index >= 15 is 4.39 Å². The SMILES string of the molecule is C[C@H]1Cc2c(cc(OCc3ccccc3)c(N3CC(=O)NS3(=O)=O)c2F)CN1C(=O)OC(C)(C)C. The number of hydrogen-bond acceptors (Lipinski definition) is 6. The van der Waals surface area contributed by atoms with Crippen LogP contribution in [-0.4, -0.2) is 43.5 Å². The first kappa shape index (κ1) is 24.8. The summed E-state index contributed by atoms with van der Waals surface area (Å²) in [7, 11) is -4.27. The van der Waals surface area contributed by atoms with E-state index in [1.54, 1.807) is 27.7 Å². The third-order valence-corrected chi connectivity index (χ3v) is 7.08. The van der Waals surface area contributed by atoms with Crippen molar-refractivity contribution in [2.45, 2.75) is 58.9 Å². The van der Waals surface area contributed by atoms with Gasteiger partial charge in [0.15, 0.2) is 5.82 Å². The van der Waals surface area contributed by atoms with Gasteiger partial charge in [0.25, 0.3) is 5.91 Å². The standard InChI is InChI=1S/C24H28FN3O6S/c1-15-10-18-17(12-27(15)23(30)34-24(2,3)4)11-19(33-14-16-8-6-5-7-9-16)22(21(18)25)28-13-20(29)26-35(28,31)32/h5-9,11,15H,10,12-14H2,1-4H3,(H,26,29)/t15-/m0/s1. The molecule has 0 saturated carbocycles. The van der Waals surface area contributed by atoms with Crippen LogP contribution >= 0.6 is 0 Å². The molecule has 1 atom stereocenters. The summed E-state index contributed by atoms with van der Waals surface area (Å²) in [5, 5.41) is 0. The molecule has 2 aliphatic heterocycles. The molecule has 188 valence electrons. The molecule has 35 heavy (non-hydrogen) atoms. The molecular formula is C24H28FN3O6S. The molecule has 1 saturated heterocycles. The monoisotopic (exact) mass is 505 g/mol. The largest absolute Gasteiger partial charge is 0.487 e. The van der Waals surface area contributed by atoms with E-state index in [1.807, 2.05) is 35.1 Å². The predicted octanol–water partition coefficient (Wildman–Crippen LogP) is 3.27. The molecule has 0 spiro atoms. The van der Waals surface area contributed by atoms with Gasteiger partial charge in [-0.15, -0.1) is 0 Å². The number of carbonyl (C=O) groups excluding carboxylic acids is 2. The number of rotatable bonds is 4. The molecule has 2 aliphatic rings. The van der Waals surface area contributed by atoms with Gasteiger partial charge >= 0.3 is 16.3 Å². The van der Waals surface area contributed by atoms with Gasteiger partial charge < -0.3 is 14.4 Å². The fourth-order valence-corrected chi connectivity index (χ4v) is 5.26. The Bertz CT molecular complexity index is 1260. The van der Waals surface area contributed by atoms with Gasteiger partial charge in [-0.2, -0.15) is 8.42 Å². The molecule has 0 unspecified atom stereocenters. The van der Waals surface area contributed by atoms with Crippen LogP contribution in [0.1, 0.15) is 44.4 Å². The molecule has 0 aromatic heterocycles. The average molecular weight is 506 g/mol. The third kappa shape index (κ3) is 5.19. The second kappa shape index (κ2) is 9.03. The fourth-order valence-electron chi connectivity index (χ4n) is 4.10. The highest BCUT2D eigenvalue weighted by atomic mass is 32.2. The summed E-state index contributed by atoms with van der Waals surface area (Å²) >= 11 is 0. The van der Waals surface area contributed by atoms with Gasteiger partial charge in [0.05, 0.1) is 0 Å². The number of halogens is 1. The van der Waals surface area contributed by atoms with Crippen molar-refractivity contribution in [2.75, 3.05) is 10.8 Å². The van der Waals surface area contributed by atoms with Crippen molar-refractivity contribution < 1.29 is 31.9 Å². The average Bonchev–Trinajstić information content (AvgIpc) is 3.03. The van der Waals surface area contributed by atoms with Gasteiger partial charge in [0.2, 0.25) is 0 Å². The zero-order chi connectivity index (χ0) is 25.5. The Kier molecular flexibility index (Phi) is 6.39. The van der Waals surface area contributed by atoms with Gasteiger partial charge in [-0.05, 0) is 56.9 Å². The first-order valence-corrected chi connectivity index (χ1v) is 12.6. The van der Waals surface area contributed by atoms with Gasteiger partial charge in [-0.3, -0.25) is 4.79 Å². The molecule has 2 amide bonds. The Hall–Kier alpha value is -3.34. The quantitative estimate of drug-likeness (QED) is 0.684. The normalized spacial score (nSPS) is 19.2. The van der Waals surface area contributed by atoms with E-state index < -0.39 is 46.2 Å². The second-order valence-corrected chi connectivity index (χ2v) is 11.2. The number of hydrogen-bond donors (Lipinski definition) is 1. The van der Waals surface area contributed by atoms with E-state index in [9.17, 15) is 18.0 Å². The summed E-state index contributed by atoms with van der Waals surface area (Å²) in [6, 6.07) is 10.3. The molecule has 1 fully saturated rings. The van der Waals surface area contributed by atoms with Crippen molar-refractivity contribution in [3.05, 3.63) is 58.9 Å². The van der Waals surface area contributed by atoms with Crippen molar-refractivity contribution in [1.82, 2.24) is 9.62 Å².